The van der Waals surface area contributed by atoms with E-state index in [-0.39, 0.29) is 17.1 Å². The predicted octanol–water partition coefficient (Wildman–Crippen LogP) is 2.68. The van der Waals surface area contributed by atoms with Crippen molar-refractivity contribution in [1.29, 1.82) is 0 Å². The number of ether oxygens (including phenoxy) is 1. The Labute approximate surface area is 115 Å². The molecule has 5 nitrogen and oxygen atoms in total. The largest absolute Gasteiger partial charge is 0.508 e. The summed E-state index contributed by atoms with van der Waals surface area (Å²) in [5.41, 5.74) is 0.649. The Hall–Kier alpha value is -2.30. The number of rotatable bonds is 3. The van der Waals surface area contributed by atoms with Crippen molar-refractivity contribution in [3.05, 3.63) is 33.7 Å². The van der Waals surface area contributed by atoms with E-state index in [1.165, 1.54) is 19.9 Å². The fourth-order valence-electron chi connectivity index (χ4n) is 2.09. The van der Waals surface area contributed by atoms with E-state index in [0.29, 0.717) is 23.0 Å². The Balaban J connectivity index is 2.76. The number of fused-ring (bicyclic) bond motifs is 1. The molecule has 106 valence electrons. The van der Waals surface area contributed by atoms with Crippen LogP contribution in [0, 0.1) is 6.92 Å². The van der Waals surface area contributed by atoms with Crippen molar-refractivity contribution in [2.45, 2.75) is 33.6 Å². The number of benzene rings is 1. The highest BCUT2D eigenvalue weighted by Crippen LogP contribution is 2.33. The maximum Gasteiger partial charge on any atom is 0.342 e. The van der Waals surface area contributed by atoms with Gasteiger partial charge in [-0.25, -0.2) is 4.79 Å². The van der Waals surface area contributed by atoms with E-state index >= 15 is 0 Å². The van der Waals surface area contributed by atoms with Crippen LogP contribution in [0.3, 0.4) is 0 Å². The van der Waals surface area contributed by atoms with Crippen LogP contribution in [0.1, 0.15) is 31.4 Å². The molecule has 0 saturated heterocycles. The van der Waals surface area contributed by atoms with Crippen LogP contribution in [-0.4, -0.2) is 11.1 Å². The first kappa shape index (κ1) is 14.1. The summed E-state index contributed by atoms with van der Waals surface area (Å²) >= 11 is 0. The van der Waals surface area contributed by atoms with Crippen LogP contribution in [-0.2, 0) is 11.2 Å². The highest BCUT2D eigenvalue weighted by atomic mass is 16.5. The monoisotopic (exact) mass is 276 g/mol. The molecule has 0 amide bonds. The van der Waals surface area contributed by atoms with Gasteiger partial charge < -0.3 is 14.3 Å². The molecule has 0 bridgehead atoms. The average Bonchev–Trinajstić information content (AvgIpc) is 2.37. The topological polar surface area (TPSA) is 76.7 Å². The molecule has 1 aromatic carbocycles. The van der Waals surface area contributed by atoms with Crippen LogP contribution in [0.2, 0.25) is 0 Å². The number of phenols is 1. The molecule has 5 heteroatoms. The molecule has 0 fully saturated rings. The van der Waals surface area contributed by atoms with Gasteiger partial charge in [0.25, 0.3) is 0 Å². The van der Waals surface area contributed by atoms with E-state index in [1.54, 1.807) is 6.07 Å². The minimum Gasteiger partial charge on any atom is -0.508 e. The van der Waals surface area contributed by atoms with Gasteiger partial charge in [-0.2, -0.15) is 0 Å². The summed E-state index contributed by atoms with van der Waals surface area (Å²) in [6.45, 7) is 4.75. The molecular formula is C15H16O5. The fraction of sp³-hybridized carbons (Fsp3) is 0.333. The summed E-state index contributed by atoms with van der Waals surface area (Å²) < 4.78 is 10.3. The zero-order valence-corrected chi connectivity index (χ0v) is 11.6. The molecule has 0 saturated carbocycles. The lowest BCUT2D eigenvalue weighted by Crippen LogP contribution is -2.10. The van der Waals surface area contributed by atoms with Gasteiger partial charge >= 0.3 is 11.6 Å². The van der Waals surface area contributed by atoms with E-state index in [9.17, 15) is 14.7 Å². The number of phenolic OH excluding ortho intramolecular Hbond substituents is 1. The van der Waals surface area contributed by atoms with E-state index in [2.05, 4.69) is 0 Å². The number of hydrogen-bond donors (Lipinski definition) is 1. The molecule has 20 heavy (non-hydrogen) atoms. The number of esters is 1. The minimum atomic E-state index is -0.554. The van der Waals surface area contributed by atoms with Gasteiger partial charge in [0.2, 0.25) is 0 Å². The maximum absolute atomic E-state index is 11.8. The molecule has 2 rings (SSSR count). The van der Waals surface area contributed by atoms with Gasteiger partial charge in [0.1, 0.15) is 11.3 Å². The first-order valence-corrected chi connectivity index (χ1v) is 6.41. The summed E-state index contributed by atoms with van der Waals surface area (Å²) in [7, 11) is 0. The third kappa shape index (κ3) is 2.52. The fourth-order valence-corrected chi connectivity index (χ4v) is 2.09. The second-order valence-electron chi connectivity index (χ2n) is 4.66. The van der Waals surface area contributed by atoms with Gasteiger partial charge in [0.05, 0.1) is 10.9 Å². The first-order valence-electron chi connectivity index (χ1n) is 6.41. The predicted molar refractivity (Wildman–Crippen MR) is 74.2 cm³/mol. The van der Waals surface area contributed by atoms with E-state index < -0.39 is 11.6 Å². The number of hydrogen-bond acceptors (Lipinski definition) is 5. The van der Waals surface area contributed by atoms with Crippen molar-refractivity contribution in [1.82, 2.24) is 0 Å². The van der Waals surface area contributed by atoms with Crippen LogP contribution < -0.4 is 10.4 Å². The summed E-state index contributed by atoms with van der Waals surface area (Å²) in [4.78, 5) is 22.9. The van der Waals surface area contributed by atoms with Gasteiger partial charge in [0.15, 0.2) is 5.75 Å². The highest BCUT2D eigenvalue weighted by molar-refractivity contribution is 5.89. The van der Waals surface area contributed by atoms with Crippen molar-refractivity contribution >= 4 is 16.9 Å². The Morgan fingerprint density at radius 2 is 2.10 bits per heavy atom. The SMILES string of the molecule is CCCc1cc2oc(=O)c(C)c(OC(C)=O)c2cc1O. The highest BCUT2D eigenvalue weighted by Gasteiger charge is 2.16. The minimum absolute atomic E-state index is 0.0981. The van der Waals surface area contributed by atoms with Crippen LogP contribution in [0.15, 0.2) is 21.3 Å². The number of carbonyl (C=O) groups excluding carboxylic acids is 1. The quantitative estimate of drug-likeness (QED) is 0.689. The van der Waals surface area contributed by atoms with Crippen molar-refractivity contribution in [2.75, 3.05) is 0 Å². The summed E-state index contributed by atoms with van der Waals surface area (Å²) in [5, 5.41) is 10.4. The van der Waals surface area contributed by atoms with Crippen LogP contribution in [0.4, 0.5) is 0 Å². The summed E-state index contributed by atoms with van der Waals surface area (Å²) in [5.74, 6) is -0.291. The summed E-state index contributed by atoms with van der Waals surface area (Å²) in [6.07, 6.45) is 1.52. The first-order chi connectivity index (χ1) is 9.43. The standard InChI is InChI=1S/C15H16O5/c1-4-5-10-6-13-11(7-12(10)17)14(19-9(3)16)8(2)15(18)20-13/h6-7,17H,4-5H2,1-3H3. The van der Waals surface area contributed by atoms with Gasteiger partial charge in [-0.15, -0.1) is 0 Å². The second-order valence-corrected chi connectivity index (χ2v) is 4.66. The van der Waals surface area contributed by atoms with Crippen molar-refractivity contribution in [2.24, 2.45) is 0 Å². The lowest BCUT2D eigenvalue weighted by molar-refractivity contribution is -0.131. The smallest absolute Gasteiger partial charge is 0.342 e. The van der Waals surface area contributed by atoms with Crippen LogP contribution in [0.5, 0.6) is 11.5 Å². The Morgan fingerprint density at radius 1 is 1.40 bits per heavy atom. The van der Waals surface area contributed by atoms with Crippen LogP contribution >= 0.6 is 0 Å². The van der Waals surface area contributed by atoms with Crippen molar-refractivity contribution in [3.63, 3.8) is 0 Å². The molecule has 1 N–H and O–H groups in total. The maximum atomic E-state index is 11.8. The third-order valence-electron chi connectivity index (χ3n) is 3.04. The second kappa shape index (κ2) is 5.36. The van der Waals surface area contributed by atoms with E-state index in [1.807, 2.05) is 6.92 Å². The number of carbonyl (C=O) groups is 1. The molecule has 0 aliphatic heterocycles. The van der Waals surface area contributed by atoms with Gasteiger partial charge in [-0.1, -0.05) is 13.3 Å². The molecule has 1 heterocycles. The number of aromatic hydroxyl groups is 1. The van der Waals surface area contributed by atoms with E-state index in [4.69, 9.17) is 9.15 Å². The molecule has 0 radical (unpaired) electrons. The lowest BCUT2D eigenvalue weighted by atomic mass is 10.1. The average molecular weight is 276 g/mol. The van der Waals surface area contributed by atoms with Gasteiger partial charge in [-0.3, -0.25) is 4.79 Å². The van der Waals surface area contributed by atoms with Crippen molar-refractivity contribution < 1.29 is 19.1 Å². The lowest BCUT2D eigenvalue weighted by Gasteiger charge is -2.10. The zero-order chi connectivity index (χ0) is 14.9. The van der Waals surface area contributed by atoms with E-state index in [0.717, 1.165) is 6.42 Å². The zero-order valence-electron chi connectivity index (χ0n) is 11.6. The normalized spacial score (nSPS) is 10.8. The molecule has 2 aromatic rings. The Bertz CT molecular complexity index is 727. The molecule has 0 unspecified atom stereocenters. The molecule has 1 aromatic heterocycles. The third-order valence-corrected chi connectivity index (χ3v) is 3.04. The molecule has 0 aliphatic rings. The Morgan fingerprint density at radius 3 is 2.70 bits per heavy atom. The van der Waals surface area contributed by atoms with Gasteiger partial charge in [0, 0.05) is 6.92 Å². The van der Waals surface area contributed by atoms with Crippen molar-refractivity contribution in [3.8, 4) is 11.5 Å². The van der Waals surface area contributed by atoms with Gasteiger partial charge in [-0.05, 0) is 31.0 Å². The summed E-state index contributed by atoms with van der Waals surface area (Å²) in [6, 6.07) is 3.08. The molecule has 0 spiro atoms. The Kier molecular flexibility index (Phi) is 3.79. The molecule has 0 atom stereocenters. The number of aryl methyl sites for hydroxylation is 1. The van der Waals surface area contributed by atoms with Crippen LogP contribution in [0.25, 0.3) is 11.0 Å². The molecule has 0 aliphatic carbocycles. The molecular weight excluding hydrogens is 260 g/mol.